The van der Waals surface area contributed by atoms with Crippen molar-refractivity contribution < 1.29 is 19.2 Å². The van der Waals surface area contributed by atoms with Crippen LogP contribution in [0, 0.1) is 10.1 Å². The normalized spacial score (nSPS) is 20.4. The molecule has 0 radical (unpaired) electrons. The molecule has 156 valence electrons. The first-order valence-electron chi connectivity index (χ1n) is 9.99. The summed E-state index contributed by atoms with van der Waals surface area (Å²) in [6.07, 6.45) is 4.17. The van der Waals surface area contributed by atoms with Gasteiger partial charge < -0.3 is 14.4 Å². The fraction of sp³-hybridized carbons (Fsp3) is 0.348. The molecule has 7 heteroatoms. The SMILES string of the molecule is CCC(=O)OCCN1c2ccccc2C(C)(C)C12C=Cc1cc([N+](=O)[O-])ccc1O2. The van der Waals surface area contributed by atoms with Crippen molar-refractivity contribution in [2.75, 3.05) is 18.1 Å². The van der Waals surface area contributed by atoms with E-state index in [-0.39, 0.29) is 18.3 Å². The standard InChI is InChI=1S/C23H24N2O5/c1-4-21(26)29-14-13-24-19-8-6-5-7-18(19)22(2,3)23(24)12-11-16-15-17(25(27)28)9-10-20(16)30-23/h5-12,15H,4,13-14H2,1-3H3. The van der Waals surface area contributed by atoms with E-state index in [4.69, 9.17) is 9.47 Å². The number of benzene rings is 2. The van der Waals surface area contributed by atoms with Crippen molar-refractivity contribution in [2.45, 2.75) is 38.3 Å². The van der Waals surface area contributed by atoms with Gasteiger partial charge in [0.15, 0.2) is 0 Å². The smallest absolute Gasteiger partial charge is 0.305 e. The summed E-state index contributed by atoms with van der Waals surface area (Å²) in [4.78, 5) is 24.5. The van der Waals surface area contributed by atoms with Crippen LogP contribution in [0.4, 0.5) is 11.4 Å². The Bertz CT molecular complexity index is 1050. The summed E-state index contributed by atoms with van der Waals surface area (Å²) in [7, 11) is 0. The zero-order valence-electron chi connectivity index (χ0n) is 17.3. The van der Waals surface area contributed by atoms with Crippen LogP contribution in [-0.2, 0) is 14.9 Å². The minimum atomic E-state index is -0.849. The third-order valence-electron chi connectivity index (χ3n) is 5.99. The number of rotatable bonds is 5. The molecule has 1 spiro atoms. The lowest BCUT2D eigenvalue weighted by Gasteiger charge is -2.47. The average Bonchev–Trinajstić information content (AvgIpc) is 2.92. The van der Waals surface area contributed by atoms with Gasteiger partial charge in [0.2, 0.25) is 5.72 Å². The van der Waals surface area contributed by atoms with Gasteiger partial charge in [-0.2, -0.15) is 0 Å². The summed E-state index contributed by atoms with van der Waals surface area (Å²) >= 11 is 0. The van der Waals surface area contributed by atoms with Gasteiger partial charge in [0.05, 0.1) is 16.9 Å². The number of fused-ring (bicyclic) bond motifs is 2. The molecule has 0 N–H and O–H groups in total. The topological polar surface area (TPSA) is 81.9 Å². The predicted octanol–water partition coefficient (Wildman–Crippen LogP) is 4.45. The lowest BCUT2D eigenvalue weighted by atomic mass is 9.76. The van der Waals surface area contributed by atoms with E-state index in [0.717, 1.165) is 11.3 Å². The molecule has 0 saturated carbocycles. The third-order valence-corrected chi connectivity index (χ3v) is 5.99. The number of hydrogen-bond acceptors (Lipinski definition) is 6. The molecule has 0 bridgehead atoms. The number of esters is 1. The van der Waals surface area contributed by atoms with Crippen molar-refractivity contribution >= 4 is 23.4 Å². The van der Waals surface area contributed by atoms with Crippen LogP contribution in [-0.4, -0.2) is 29.8 Å². The highest BCUT2D eigenvalue weighted by Crippen LogP contribution is 2.54. The van der Waals surface area contributed by atoms with Gasteiger partial charge in [-0.3, -0.25) is 14.9 Å². The number of ether oxygens (including phenoxy) is 2. The van der Waals surface area contributed by atoms with E-state index in [2.05, 4.69) is 24.8 Å². The molecule has 1 atom stereocenters. The Balaban J connectivity index is 1.75. The summed E-state index contributed by atoms with van der Waals surface area (Å²) in [6.45, 7) is 6.69. The average molecular weight is 408 g/mol. The zero-order chi connectivity index (χ0) is 21.5. The number of non-ortho nitro benzene ring substituents is 1. The van der Waals surface area contributed by atoms with Gasteiger partial charge in [0, 0.05) is 29.8 Å². The van der Waals surface area contributed by atoms with Crippen molar-refractivity contribution in [3.63, 3.8) is 0 Å². The van der Waals surface area contributed by atoms with Gasteiger partial charge in [-0.1, -0.05) is 25.1 Å². The molecule has 2 aliphatic heterocycles. The lowest BCUT2D eigenvalue weighted by molar-refractivity contribution is -0.384. The maximum absolute atomic E-state index is 11.6. The van der Waals surface area contributed by atoms with Crippen LogP contribution in [0.2, 0.25) is 0 Å². The molecule has 2 aromatic rings. The highest BCUT2D eigenvalue weighted by molar-refractivity contribution is 5.73. The first kappa shape index (κ1) is 19.9. The van der Waals surface area contributed by atoms with Crippen molar-refractivity contribution in [3.05, 3.63) is 69.8 Å². The maximum Gasteiger partial charge on any atom is 0.305 e. The molecule has 2 aliphatic rings. The summed E-state index contributed by atoms with van der Waals surface area (Å²) in [6, 6.07) is 12.7. The third kappa shape index (κ3) is 2.93. The van der Waals surface area contributed by atoms with E-state index < -0.39 is 16.1 Å². The van der Waals surface area contributed by atoms with E-state index in [1.54, 1.807) is 13.0 Å². The first-order chi connectivity index (χ1) is 14.3. The molecule has 7 nitrogen and oxygen atoms in total. The summed E-state index contributed by atoms with van der Waals surface area (Å²) in [5.41, 5.74) is 1.56. The van der Waals surface area contributed by atoms with Gasteiger partial charge in [0.1, 0.15) is 12.4 Å². The molecule has 30 heavy (non-hydrogen) atoms. The number of nitro benzene ring substituents is 1. The second-order valence-electron chi connectivity index (χ2n) is 7.98. The van der Waals surface area contributed by atoms with Crippen LogP contribution in [0.3, 0.4) is 0 Å². The summed E-state index contributed by atoms with van der Waals surface area (Å²) in [5, 5.41) is 11.1. The maximum atomic E-state index is 11.6. The second kappa shape index (κ2) is 7.16. The number of para-hydroxylation sites is 1. The lowest BCUT2D eigenvalue weighted by Crippen LogP contribution is -2.60. The van der Waals surface area contributed by atoms with E-state index in [0.29, 0.717) is 24.3 Å². The second-order valence-corrected chi connectivity index (χ2v) is 7.98. The van der Waals surface area contributed by atoms with Gasteiger partial charge >= 0.3 is 5.97 Å². The quantitative estimate of drug-likeness (QED) is 0.413. The highest BCUT2D eigenvalue weighted by Gasteiger charge is 2.58. The zero-order valence-corrected chi connectivity index (χ0v) is 17.3. The van der Waals surface area contributed by atoms with Crippen LogP contribution < -0.4 is 9.64 Å². The Hall–Kier alpha value is -3.35. The molecule has 0 aromatic heterocycles. The molecule has 0 aliphatic carbocycles. The molecular formula is C23H24N2O5. The highest BCUT2D eigenvalue weighted by atomic mass is 16.6. The minimum Gasteiger partial charge on any atom is -0.464 e. The van der Waals surface area contributed by atoms with Crippen LogP contribution >= 0.6 is 0 Å². The van der Waals surface area contributed by atoms with Crippen LogP contribution in [0.1, 0.15) is 38.3 Å². The first-order valence-corrected chi connectivity index (χ1v) is 9.99. The Kier molecular flexibility index (Phi) is 4.76. The Morgan fingerprint density at radius 1 is 1.23 bits per heavy atom. The molecule has 2 heterocycles. The summed E-state index contributed by atoms with van der Waals surface area (Å²) < 4.78 is 11.9. The number of nitro groups is 1. The van der Waals surface area contributed by atoms with E-state index in [1.165, 1.54) is 12.1 Å². The van der Waals surface area contributed by atoms with Crippen molar-refractivity contribution in [2.24, 2.45) is 0 Å². The largest absolute Gasteiger partial charge is 0.464 e. The van der Waals surface area contributed by atoms with Gasteiger partial charge in [0.25, 0.3) is 5.69 Å². The van der Waals surface area contributed by atoms with E-state index in [9.17, 15) is 14.9 Å². The van der Waals surface area contributed by atoms with Gasteiger partial charge in [-0.05, 0) is 43.7 Å². The van der Waals surface area contributed by atoms with Gasteiger partial charge in [-0.15, -0.1) is 0 Å². The number of carbonyl (C=O) groups is 1. The molecule has 0 fully saturated rings. The fourth-order valence-corrected chi connectivity index (χ4v) is 4.34. The predicted molar refractivity (Wildman–Crippen MR) is 114 cm³/mol. The number of nitrogens with zero attached hydrogens (tertiary/aromatic N) is 2. The van der Waals surface area contributed by atoms with Crippen molar-refractivity contribution in [3.8, 4) is 5.75 Å². The fourth-order valence-electron chi connectivity index (χ4n) is 4.34. The number of hydrogen-bond donors (Lipinski definition) is 0. The monoisotopic (exact) mass is 408 g/mol. The van der Waals surface area contributed by atoms with Crippen LogP contribution in [0.5, 0.6) is 5.75 Å². The van der Waals surface area contributed by atoms with Gasteiger partial charge in [-0.25, -0.2) is 0 Å². The van der Waals surface area contributed by atoms with Crippen LogP contribution in [0.25, 0.3) is 6.08 Å². The molecule has 1 unspecified atom stereocenters. The minimum absolute atomic E-state index is 0.0234. The molecule has 0 amide bonds. The molecular weight excluding hydrogens is 384 g/mol. The Morgan fingerprint density at radius 2 is 2.00 bits per heavy atom. The van der Waals surface area contributed by atoms with Crippen LogP contribution in [0.15, 0.2) is 48.5 Å². The summed E-state index contributed by atoms with van der Waals surface area (Å²) in [5.74, 6) is 0.341. The Morgan fingerprint density at radius 3 is 2.73 bits per heavy atom. The molecule has 0 saturated heterocycles. The number of carbonyl (C=O) groups excluding carboxylic acids is 1. The van der Waals surface area contributed by atoms with E-state index in [1.807, 2.05) is 30.4 Å². The molecule has 4 rings (SSSR count). The molecule has 2 aromatic carbocycles. The Labute approximate surface area is 175 Å². The van der Waals surface area contributed by atoms with Crippen molar-refractivity contribution in [1.29, 1.82) is 0 Å². The van der Waals surface area contributed by atoms with Crippen molar-refractivity contribution in [1.82, 2.24) is 0 Å². The number of anilines is 1. The van der Waals surface area contributed by atoms with E-state index >= 15 is 0 Å².